The summed E-state index contributed by atoms with van der Waals surface area (Å²) >= 11 is 0. The molecule has 0 bridgehead atoms. The van der Waals surface area contributed by atoms with E-state index in [1.807, 2.05) is 74.2 Å². The Hall–Kier alpha value is -2.29. The standard InChI is InChI=1S/C19H23NO2/c1-4-20(14-16-9-7-6-8-10-16)19(21)17-11-12-18(22-5-2)15(3)13-17/h6-13H,4-5,14H2,1-3H3. The molecule has 2 aromatic rings. The Labute approximate surface area is 132 Å². The zero-order chi connectivity index (χ0) is 15.9. The number of benzene rings is 2. The van der Waals surface area contributed by atoms with Crippen LogP contribution in [-0.2, 0) is 6.54 Å². The Morgan fingerprint density at radius 1 is 1.09 bits per heavy atom. The van der Waals surface area contributed by atoms with Gasteiger partial charge in [0.2, 0.25) is 0 Å². The number of carbonyl (C=O) groups excluding carboxylic acids is 1. The van der Waals surface area contributed by atoms with E-state index in [2.05, 4.69) is 0 Å². The first-order valence-electron chi connectivity index (χ1n) is 7.72. The quantitative estimate of drug-likeness (QED) is 0.805. The monoisotopic (exact) mass is 297 g/mol. The van der Waals surface area contributed by atoms with Gasteiger partial charge in [0.25, 0.3) is 5.91 Å². The van der Waals surface area contributed by atoms with Gasteiger partial charge < -0.3 is 9.64 Å². The third-order valence-electron chi connectivity index (χ3n) is 3.61. The molecule has 0 unspecified atom stereocenters. The lowest BCUT2D eigenvalue weighted by Crippen LogP contribution is -2.30. The molecule has 2 rings (SSSR count). The van der Waals surface area contributed by atoms with Crippen molar-refractivity contribution < 1.29 is 9.53 Å². The van der Waals surface area contributed by atoms with Gasteiger partial charge >= 0.3 is 0 Å². The number of hydrogen-bond donors (Lipinski definition) is 0. The molecule has 0 aliphatic heterocycles. The number of rotatable bonds is 6. The minimum absolute atomic E-state index is 0.0532. The van der Waals surface area contributed by atoms with Gasteiger partial charge in [-0.1, -0.05) is 30.3 Å². The molecule has 0 radical (unpaired) electrons. The topological polar surface area (TPSA) is 29.5 Å². The van der Waals surface area contributed by atoms with Crippen molar-refractivity contribution in [3.05, 3.63) is 65.2 Å². The molecule has 2 aromatic carbocycles. The molecule has 0 aromatic heterocycles. The summed E-state index contributed by atoms with van der Waals surface area (Å²) in [5.41, 5.74) is 2.84. The van der Waals surface area contributed by atoms with Crippen molar-refractivity contribution in [1.29, 1.82) is 0 Å². The number of aryl methyl sites for hydroxylation is 1. The van der Waals surface area contributed by atoms with E-state index >= 15 is 0 Å². The second-order valence-corrected chi connectivity index (χ2v) is 5.22. The lowest BCUT2D eigenvalue weighted by atomic mass is 10.1. The number of carbonyl (C=O) groups is 1. The van der Waals surface area contributed by atoms with Gasteiger partial charge in [-0.05, 0) is 50.1 Å². The van der Waals surface area contributed by atoms with Crippen LogP contribution < -0.4 is 4.74 Å². The van der Waals surface area contributed by atoms with Crippen LogP contribution in [0.15, 0.2) is 48.5 Å². The molecule has 0 spiro atoms. The first-order valence-corrected chi connectivity index (χ1v) is 7.72. The van der Waals surface area contributed by atoms with E-state index in [0.717, 1.165) is 16.9 Å². The highest BCUT2D eigenvalue weighted by atomic mass is 16.5. The van der Waals surface area contributed by atoms with Crippen LogP contribution >= 0.6 is 0 Å². The first-order chi connectivity index (χ1) is 10.7. The number of ether oxygens (including phenoxy) is 1. The highest BCUT2D eigenvalue weighted by molar-refractivity contribution is 5.94. The van der Waals surface area contributed by atoms with Gasteiger partial charge in [0.15, 0.2) is 0 Å². The van der Waals surface area contributed by atoms with Crippen LogP contribution in [0.3, 0.4) is 0 Å². The molecule has 0 aliphatic carbocycles. The van der Waals surface area contributed by atoms with Gasteiger partial charge in [0.05, 0.1) is 6.61 Å². The van der Waals surface area contributed by atoms with Gasteiger partial charge in [0, 0.05) is 18.7 Å². The molecular weight excluding hydrogens is 274 g/mol. The highest BCUT2D eigenvalue weighted by Gasteiger charge is 2.15. The number of amides is 1. The Bertz CT molecular complexity index is 623. The SMILES string of the molecule is CCOc1ccc(C(=O)N(CC)Cc2ccccc2)cc1C. The highest BCUT2D eigenvalue weighted by Crippen LogP contribution is 2.20. The fraction of sp³-hybridized carbons (Fsp3) is 0.316. The molecule has 0 saturated heterocycles. The molecule has 0 saturated carbocycles. The molecule has 0 atom stereocenters. The fourth-order valence-corrected chi connectivity index (χ4v) is 2.41. The number of hydrogen-bond acceptors (Lipinski definition) is 2. The van der Waals surface area contributed by atoms with Crippen LogP contribution in [0, 0.1) is 6.92 Å². The summed E-state index contributed by atoms with van der Waals surface area (Å²) < 4.78 is 5.53. The van der Waals surface area contributed by atoms with Crippen LogP contribution in [0.5, 0.6) is 5.75 Å². The van der Waals surface area contributed by atoms with Crippen molar-refractivity contribution in [1.82, 2.24) is 4.90 Å². The third-order valence-corrected chi connectivity index (χ3v) is 3.61. The Morgan fingerprint density at radius 2 is 1.82 bits per heavy atom. The summed E-state index contributed by atoms with van der Waals surface area (Å²) in [6.45, 7) is 7.86. The van der Waals surface area contributed by atoms with Gasteiger partial charge in [0.1, 0.15) is 5.75 Å². The molecule has 3 nitrogen and oxygen atoms in total. The normalized spacial score (nSPS) is 10.3. The molecular formula is C19H23NO2. The van der Waals surface area contributed by atoms with Crippen molar-refractivity contribution in [3.63, 3.8) is 0 Å². The van der Waals surface area contributed by atoms with E-state index in [9.17, 15) is 4.79 Å². The zero-order valence-electron chi connectivity index (χ0n) is 13.5. The lowest BCUT2D eigenvalue weighted by molar-refractivity contribution is 0.0752. The van der Waals surface area contributed by atoms with E-state index in [0.29, 0.717) is 25.3 Å². The van der Waals surface area contributed by atoms with Crippen molar-refractivity contribution >= 4 is 5.91 Å². The summed E-state index contributed by atoms with van der Waals surface area (Å²) in [6.07, 6.45) is 0. The second-order valence-electron chi connectivity index (χ2n) is 5.22. The molecule has 0 heterocycles. The first kappa shape index (κ1) is 16.1. The molecule has 3 heteroatoms. The van der Waals surface area contributed by atoms with Crippen molar-refractivity contribution in [3.8, 4) is 5.75 Å². The van der Waals surface area contributed by atoms with E-state index in [4.69, 9.17) is 4.74 Å². The average molecular weight is 297 g/mol. The Kier molecular flexibility index (Phi) is 5.59. The fourth-order valence-electron chi connectivity index (χ4n) is 2.41. The van der Waals surface area contributed by atoms with Crippen LogP contribution in [-0.4, -0.2) is 24.0 Å². The molecule has 0 aliphatic rings. The minimum Gasteiger partial charge on any atom is -0.494 e. The van der Waals surface area contributed by atoms with Crippen molar-refractivity contribution in [2.75, 3.05) is 13.2 Å². The molecule has 22 heavy (non-hydrogen) atoms. The van der Waals surface area contributed by atoms with Crippen LogP contribution in [0.2, 0.25) is 0 Å². The van der Waals surface area contributed by atoms with Crippen LogP contribution in [0.25, 0.3) is 0 Å². The lowest BCUT2D eigenvalue weighted by Gasteiger charge is -2.21. The van der Waals surface area contributed by atoms with Crippen LogP contribution in [0.1, 0.15) is 35.3 Å². The van der Waals surface area contributed by atoms with E-state index in [-0.39, 0.29) is 5.91 Å². The maximum absolute atomic E-state index is 12.7. The predicted octanol–water partition coefficient (Wildman–Crippen LogP) is 4.06. The van der Waals surface area contributed by atoms with Gasteiger partial charge in [-0.3, -0.25) is 4.79 Å². The summed E-state index contributed by atoms with van der Waals surface area (Å²) in [5, 5.41) is 0. The third kappa shape index (κ3) is 3.88. The Morgan fingerprint density at radius 3 is 2.41 bits per heavy atom. The van der Waals surface area contributed by atoms with Crippen molar-refractivity contribution in [2.45, 2.75) is 27.3 Å². The predicted molar refractivity (Wildman–Crippen MR) is 89.2 cm³/mol. The van der Waals surface area contributed by atoms with E-state index in [1.165, 1.54) is 0 Å². The van der Waals surface area contributed by atoms with Gasteiger partial charge in [-0.2, -0.15) is 0 Å². The minimum atomic E-state index is 0.0532. The summed E-state index contributed by atoms with van der Waals surface area (Å²) in [7, 11) is 0. The Balaban J connectivity index is 2.16. The summed E-state index contributed by atoms with van der Waals surface area (Å²) in [5.74, 6) is 0.891. The van der Waals surface area contributed by atoms with E-state index < -0.39 is 0 Å². The molecule has 116 valence electrons. The van der Waals surface area contributed by atoms with Gasteiger partial charge in [-0.15, -0.1) is 0 Å². The maximum Gasteiger partial charge on any atom is 0.254 e. The number of nitrogens with zero attached hydrogens (tertiary/aromatic N) is 1. The second kappa shape index (κ2) is 7.64. The zero-order valence-corrected chi connectivity index (χ0v) is 13.5. The van der Waals surface area contributed by atoms with Crippen molar-refractivity contribution in [2.24, 2.45) is 0 Å². The van der Waals surface area contributed by atoms with E-state index in [1.54, 1.807) is 0 Å². The largest absolute Gasteiger partial charge is 0.494 e. The summed E-state index contributed by atoms with van der Waals surface area (Å²) in [4.78, 5) is 14.5. The molecule has 0 fully saturated rings. The van der Waals surface area contributed by atoms with Crippen LogP contribution in [0.4, 0.5) is 0 Å². The maximum atomic E-state index is 12.7. The smallest absolute Gasteiger partial charge is 0.254 e. The average Bonchev–Trinajstić information content (AvgIpc) is 2.55. The summed E-state index contributed by atoms with van der Waals surface area (Å²) in [6, 6.07) is 15.7. The molecule has 1 amide bonds. The molecule has 0 N–H and O–H groups in total. The van der Waals surface area contributed by atoms with Gasteiger partial charge in [-0.25, -0.2) is 0 Å².